The summed E-state index contributed by atoms with van der Waals surface area (Å²) in [5.74, 6) is -0.998. The highest BCUT2D eigenvalue weighted by Crippen LogP contribution is 2.43. The van der Waals surface area contributed by atoms with Gasteiger partial charge >= 0.3 is 11.7 Å². The van der Waals surface area contributed by atoms with Gasteiger partial charge in [-0.15, -0.1) is 0 Å². The molecule has 4 amide bonds. The molecular formula is C28H47N7O6Si. The molecule has 0 atom stereocenters. The Labute approximate surface area is 247 Å². The second-order valence-corrected chi connectivity index (χ2v) is 19.0. The number of aliphatic hydroxyl groups is 1. The van der Waals surface area contributed by atoms with Gasteiger partial charge in [0, 0.05) is 45.1 Å². The lowest BCUT2D eigenvalue weighted by molar-refractivity contribution is -0.138. The quantitative estimate of drug-likeness (QED) is 0.131. The predicted molar refractivity (Wildman–Crippen MR) is 159 cm³/mol. The van der Waals surface area contributed by atoms with E-state index in [-0.39, 0.29) is 37.1 Å². The van der Waals surface area contributed by atoms with E-state index in [9.17, 15) is 24.3 Å². The molecule has 3 aliphatic rings. The molecule has 0 bridgehead atoms. The molecule has 234 valence electrons. The summed E-state index contributed by atoms with van der Waals surface area (Å²) in [7, 11) is -1.26. The van der Waals surface area contributed by atoms with Crippen LogP contribution in [0.1, 0.15) is 70.0 Å². The van der Waals surface area contributed by atoms with E-state index in [2.05, 4.69) is 24.7 Å². The number of carbonyl (C=O) groups is 3. The summed E-state index contributed by atoms with van der Waals surface area (Å²) in [5, 5.41) is 15.2. The molecule has 2 aliphatic carbocycles. The standard InChI is InChI=1S/C28H47N7O6Si/c1-5-6-13-32-24(37)21(22(29)30)25(38)35(27(32)40)20-9-11-28(17-36,12-10-20)16-33-23(19-7-8-19)31-34(26(33)39)18-41-14-15-42(2,3)4/h19-20,36H,5-18,29-30H2,1-4H3. The first kappa shape index (κ1) is 32.0. The number of urea groups is 1. The minimum absolute atomic E-state index is 0.0940. The second-order valence-electron chi connectivity index (χ2n) is 13.3. The number of carbonyl (C=O) groups excluding carboxylic acids is 3. The number of unbranched alkanes of at least 4 members (excludes halogenated alkanes) is 1. The van der Waals surface area contributed by atoms with Crippen LogP contribution in [0.15, 0.2) is 16.2 Å². The number of rotatable bonds is 13. The molecule has 1 saturated heterocycles. The normalized spacial score (nSPS) is 23.7. The third kappa shape index (κ3) is 6.81. The van der Waals surface area contributed by atoms with E-state index < -0.39 is 43.2 Å². The fourth-order valence-corrected chi connectivity index (χ4v) is 6.53. The highest BCUT2D eigenvalue weighted by molar-refractivity contribution is 6.76. The maximum absolute atomic E-state index is 13.4. The Bertz CT molecular complexity index is 1270. The zero-order valence-electron chi connectivity index (χ0n) is 25.4. The molecule has 0 radical (unpaired) electrons. The van der Waals surface area contributed by atoms with Crippen LogP contribution in [0.4, 0.5) is 4.79 Å². The number of hydrogen-bond acceptors (Lipinski definition) is 9. The number of nitrogens with zero attached hydrogens (tertiary/aromatic N) is 5. The van der Waals surface area contributed by atoms with Gasteiger partial charge in [0.15, 0.2) is 0 Å². The average molecular weight is 606 g/mol. The maximum atomic E-state index is 13.4. The number of ether oxygens (including phenoxy) is 1. The molecule has 42 heavy (non-hydrogen) atoms. The Hall–Kier alpha value is -2.97. The number of imide groups is 2. The average Bonchev–Trinajstić information content (AvgIpc) is 3.72. The van der Waals surface area contributed by atoms with Crippen molar-refractivity contribution in [1.82, 2.24) is 24.1 Å². The van der Waals surface area contributed by atoms with Gasteiger partial charge in [0.1, 0.15) is 23.9 Å². The molecule has 0 aromatic carbocycles. The summed E-state index contributed by atoms with van der Waals surface area (Å²) in [6, 6.07) is -0.153. The number of aliphatic hydroxyl groups excluding tert-OH is 1. The molecule has 1 aromatic heterocycles. The number of barbiturate groups is 1. The monoisotopic (exact) mass is 605 g/mol. The van der Waals surface area contributed by atoms with Crippen LogP contribution in [0.25, 0.3) is 0 Å². The van der Waals surface area contributed by atoms with Crippen LogP contribution < -0.4 is 17.2 Å². The highest BCUT2D eigenvalue weighted by atomic mass is 28.3. The van der Waals surface area contributed by atoms with Crippen LogP contribution >= 0.6 is 0 Å². The van der Waals surface area contributed by atoms with Crippen molar-refractivity contribution in [3.05, 3.63) is 27.7 Å². The maximum Gasteiger partial charge on any atom is 0.348 e. The van der Waals surface area contributed by atoms with Crippen molar-refractivity contribution >= 4 is 25.9 Å². The zero-order chi connectivity index (χ0) is 30.8. The molecule has 14 heteroatoms. The smallest absolute Gasteiger partial charge is 0.348 e. The van der Waals surface area contributed by atoms with E-state index in [0.29, 0.717) is 45.3 Å². The summed E-state index contributed by atoms with van der Waals surface area (Å²) in [5.41, 5.74) is 10.2. The van der Waals surface area contributed by atoms with Crippen LogP contribution in [-0.2, 0) is 27.6 Å². The van der Waals surface area contributed by atoms with Crippen molar-refractivity contribution in [3.8, 4) is 0 Å². The van der Waals surface area contributed by atoms with Crippen molar-refractivity contribution in [2.24, 2.45) is 16.9 Å². The number of hydrogen-bond donors (Lipinski definition) is 3. The summed E-state index contributed by atoms with van der Waals surface area (Å²) in [4.78, 5) is 55.2. The minimum Gasteiger partial charge on any atom is -0.396 e. The van der Waals surface area contributed by atoms with E-state index in [1.165, 1.54) is 4.68 Å². The van der Waals surface area contributed by atoms with Gasteiger partial charge in [-0.25, -0.2) is 9.59 Å². The number of aromatic nitrogens is 3. The first-order chi connectivity index (χ1) is 19.8. The first-order valence-electron chi connectivity index (χ1n) is 15.1. The van der Waals surface area contributed by atoms with Crippen molar-refractivity contribution in [2.45, 2.75) is 109 Å². The third-order valence-electron chi connectivity index (χ3n) is 8.67. The van der Waals surface area contributed by atoms with Crippen LogP contribution in [0.3, 0.4) is 0 Å². The Morgan fingerprint density at radius 1 is 1.07 bits per heavy atom. The van der Waals surface area contributed by atoms with Crippen LogP contribution in [0, 0.1) is 5.41 Å². The molecule has 5 N–H and O–H groups in total. The van der Waals surface area contributed by atoms with Gasteiger partial charge in [0.25, 0.3) is 11.8 Å². The molecule has 1 aliphatic heterocycles. The summed E-state index contributed by atoms with van der Waals surface area (Å²) < 4.78 is 8.88. The van der Waals surface area contributed by atoms with Gasteiger partial charge in [-0.2, -0.15) is 9.78 Å². The molecule has 0 unspecified atom stereocenters. The Kier molecular flexibility index (Phi) is 9.67. The molecule has 3 fully saturated rings. The Balaban J connectivity index is 1.50. The first-order valence-corrected chi connectivity index (χ1v) is 18.8. The van der Waals surface area contributed by atoms with E-state index in [1.807, 2.05) is 6.92 Å². The molecule has 2 saturated carbocycles. The second kappa shape index (κ2) is 12.7. The number of nitrogens with two attached hydrogens (primary N) is 2. The molecule has 2 heterocycles. The van der Waals surface area contributed by atoms with E-state index in [4.69, 9.17) is 16.2 Å². The van der Waals surface area contributed by atoms with Gasteiger partial charge in [0.05, 0.1) is 6.61 Å². The SMILES string of the molecule is CCCCN1C(=O)C(=C(N)N)C(=O)N(C2CCC(CO)(Cn3c(C4CC4)nn(COCC[Si](C)(C)C)c3=O)CC2)C1=O. The molecule has 0 spiro atoms. The lowest BCUT2D eigenvalue weighted by Crippen LogP contribution is -2.61. The van der Waals surface area contributed by atoms with E-state index in [1.54, 1.807) is 4.57 Å². The topological polar surface area (TPSA) is 179 Å². The predicted octanol–water partition coefficient (Wildman–Crippen LogP) is 1.88. The third-order valence-corrected chi connectivity index (χ3v) is 10.4. The van der Waals surface area contributed by atoms with E-state index in [0.717, 1.165) is 40.9 Å². The van der Waals surface area contributed by atoms with Crippen LogP contribution in [0.5, 0.6) is 0 Å². The fraction of sp³-hybridized carbons (Fsp3) is 0.750. The summed E-state index contributed by atoms with van der Waals surface area (Å²) in [6.07, 6.45) is 5.04. The van der Waals surface area contributed by atoms with Crippen LogP contribution in [-0.4, -0.2) is 81.0 Å². The molecule has 1 aromatic rings. The largest absolute Gasteiger partial charge is 0.396 e. The van der Waals surface area contributed by atoms with E-state index >= 15 is 0 Å². The minimum atomic E-state index is -1.26. The lowest BCUT2D eigenvalue weighted by atomic mass is 9.72. The molecular weight excluding hydrogens is 558 g/mol. The van der Waals surface area contributed by atoms with Crippen molar-refractivity contribution in [3.63, 3.8) is 0 Å². The zero-order valence-corrected chi connectivity index (χ0v) is 26.4. The Morgan fingerprint density at radius 2 is 1.74 bits per heavy atom. The fourth-order valence-electron chi connectivity index (χ4n) is 5.77. The van der Waals surface area contributed by atoms with Gasteiger partial charge in [-0.3, -0.25) is 24.0 Å². The summed E-state index contributed by atoms with van der Waals surface area (Å²) in [6.45, 7) is 9.74. The number of amides is 4. The van der Waals surface area contributed by atoms with Gasteiger partial charge < -0.3 is 21.3 Å². The van der Waals surface area contributed by atoms with Gasteiger partial charge in [0.2, 0.25) is 0 Å². The van der Waals surface area contributed by atoms with Crippen LogP contribution in [0.2, 0.25) is 25.7 Å². The van der Waals surface area contributed by atoms with Crippen molar-refractivity contribution < 1.29 is 24.2 Å². The van der Waals surface area contributed by atoms with Crippen molar-refractivity contribution in [2.75, 3.05) is 19.8 Å². The van der Waals surface area contributed by atoms with Crippen molar-refractivity contribution in [1.29, 1.82) is 0 Å². The van der Waals surface area contributed by atoms with Gasteiger partial charge in [-0.1, -0.05) is 33.0 Å². The van der Waals surface area contributed by atoms with Gasteiger partial charge in [-0.05, 0) is 51.0 Å². The lowest BCUT2D eigenvalue weighted by Gasteiger charge is -2.44. The molecule has 13 nitrogen and oxygen atoms in total. The highest BCUT2D eigenvalue weighted by Gasteiger charge is 2.48. The molecule has 4 rings (SSSR count). The summed E-state index contributed by atoms with van der Waals surface area (Å²) >= 11 is 0. The Morgan fingerprint density at radius 3 is 2.29 bits per heavy atom.